The summed E-state index contributed by atoms with van der Waals surface area (Å²) in [4.78, 5) is 18.2. The highest BCUT2D eigenvalue weighted by Crippen LogP contribution is 2.63. The molecule has 2 aliphatic carbocycles. The van der Waals surface area contributed by atoms with Gasteiger partial charge in [0.15, 0.2) is 11.6 Å². The van der Waals surface area contributed by atoms with E-state index in [1.165, 1.54) is 44.5 Å². The summed E-state index contributed by atoms with van der Waals surface area (Å²) in [5, 5.41) is 0. The Morgan fingerprint density at radius 1 is 0.326 bits per heavy atom. The molecule has 0 saturated heterocycles. The number of benzene rings is 5. The van der Waals surface area contributed by atoms with Crippen molar-refractivity contribution >= 4 is 0 Å². The van der Waals surface area contributed by atoms with Gasteiger partial charge in [-0.15, -0.1) is 0 Å². The lowest BCUT2D eigenvalue weighted by Crippen LogP contribution is -2.25. The first-order valence-electron chi connectivity index (χ1n) is 14.5. The third-order valence-corrected chi connectivity index (χ3v) is 8.91. The van der Waals surface area contributed by atoms with Crippen LogP contribution in [0.15, 0.2) is 146 Å². The average Bonchev–Trinajstić information content (AvgIpc) is 3.56. The summed E-state index contributed by atoms with van der Waals surface area (Å²) in [5.41, 5.74) is 14.2. The summed E-state index contributed by atoms with van der Waals surface area (Å²) in [7, 11) is 0. The zero-order valence-corrected chi connectivity index (χ0v) is 23.1. The van der Waals surface area contributed by atoms with E-state index in [1.807, 2.05) is 12.1 Å². The van der Waals surface area contributed by atoms with Gasteiger partial charge in [-0.1, -0.05) is 84.9 Å². The molecule has 0 amide bonds. The smallest absolute Gasteiger partial charge is 0.159 e. The highest BCUT2D eigenvalue weighted by molar-refractivity contribution is 5.96. The Balaban J connectivity index is 1.32. The van der Waals surface area contributed by atoms with Crippen molar-refractivity contribution in [3.05, 3.63) is 168 Å². The van der Waals surface area contributed by atoms with Gasteiger partial charge in [0.2, 0.25) is 0 Å². The first-order valence-corrected chi connectivity index (χ1v) is 14.5. The van der Waals surface area contributed by atoms with Crippen molar-refractivity contribution in [2.45, 2.75) is 5.41 Å². The maximum atomic E-state index is 4.56. The summed E-state index contributed by atoms with van der Waals surface area (Å²) in [6, 6.07) is 43.7. The minimum Gasteiger partial charge on any atom is -0.237 e. The fourth-order valence-corrected chi connectivity index (χ4v) is 7.22. The molecule has 1 spiro atoms. The van der Waals surface area contributed by atoms with Crippen LogP contribution in [-0.2, 0) is 5.41 Å². The molecule has 0 unspecified atom stereocenters. The Kier molecular flexibility index (Phi) is 5.08. The van der Waals surface area contributed by atoms with Crippen LogP contribution in [-0.4, -0.2) is 19.9 Å². The number of nitrogens with zero attached hydrogens (tertiary/aromatic N) is 4. The monoisotopic (exact) mass is 548 g/mol. The van der Waals surface area contributed by atoms with Crippen molar-refractivity contribution in [1.82, 2.24) is 19.9 Å². The second-order valence-corrected chi connectivity index (χ2v) is 11.1. The van der Waals surface area contributed by atoms with Gasteiger partial charge >= 0.3 is 0 Å². The molecule has 2 aromatic heterocycles. The lowest BCUT2D eigenvalue weighted by atomic mass is 9.70. The van der Waals surface area contributed by atoms with Crippen LogP contribution in [0.5, 0.6) is 0 Å². The van der Waals surface area contributed by atoms with Gasteiger partial charge in [0.1, 0.15) is 0 Å². The Bertz CT molecular complexity index is 2070. The second-order valence-electron chi connectivity index (χ2n) is 11.1. The molecule has 0 N–H and O–H groups in total. The molecule has 0 atom stereocenters. The van der Waals surface area contributed by atoms with E-state index >= 15 is 0 Å². The SMILES string of the molecule is c1cnc(-c2cc(-c3ccc4c(c3)C3(c5ccccc5-c5ccccc53)c3ccccc3-4)cc(-c3ncccn3)c2)nc1. The predicted molar refractivity (Wildman–Crippen MR) is 170 cm³/mol. The number of hydrogen-bond donors (Lipinski definition) is 0. The van der Waals surface area contributed by atoms with E-state index < -0.39 is 0 Å². The molecule has 200 valence electrons. The van der Waals surface area contributed by atoms with Gasteiger partial charge in [-0.05, 0) is 92.0 Å². The van der Waals surface area contributed by atoms with E-state index in [4.69, 9.17) is 0 Å². The number of rotatable bonds is 3. The summed E-state index contributed by atoms with van der Waals surface area (Å²) in [5.74, 6) is 1.34. The zero-order chi connectivity index (χ0) is 28.4. The Morgan fingerprint density at radius 3 is 1.23 bits per heavy atom. The van der Waals surface area contributed by atoms with Gasteiger partial charge in [0.05, 0.1) is 5.41 Å². The fraction of sp³-hybridized carbons (Fsp3) is 0.0256. The average molecular weight is 549 g/mol. The quantitative estimate of drug-likeness (QED) is 0.222. The van der Waals surface area contributed by atoms with Crippen LogP contribution in [0.2, 0.25) is 0 Å². The molecule has 0 aliphatic heterocycles. The normalized spacial score (nSPS) is 13.3. The molecule has 0 bridgehead atoms. The van der Waals surface area contributed by atoms with E-state index in [1.54, 1.807) is 24.8 Å². The van der Waals surface area contributed by atoms with Crippen molar-refractivity contribution in [2.75, 3.05) is 0 Å². The van der Waals surface area contributed by atoms with Gasteiger partial charge in [-0.2, -0.15) is 0 Å². The van der Waals surface area contributed by atoms with E-state index in [0.717, 1.165) is 22.3 Å². The summed E-state index contributed by atoms with van der Waals surface area (Å²) in [6.07, 6.45) is 7.11. The van der Waals surface area contributed by atoms with Crippen LogP contribution in [0.3, 0.4) is 0 Å². The van der Waals surface area contributed by atoms with E-state index in [-0.39, 0.29) is 5.41 Å². The molecule has 7 aromatic rings. The lowest BCUT2D eigenvalue weighted by Gasteiger charge is -2.30. The van der Waals surface area contributed by atoms with Gasteiger partial charge < -0.3 is 0 Å². The molecule has 4 nitrogen and oxygen atoms in total. The van der Waals surface area contributed by atoms with Crippen LogP contribution in [0, 0.1) is 0 Å². The lowest BCUT2D eigenvalue weighted by molar-refractivity contribution is 0.794. The minimum absolute atomic E-state index is 0.388. The zero-order valence-electron chi connectivity index (χ0n) is 23.1. The topological polar surface area (TPSA) is 51.6 Å². The van der Waals surface area contributed by atoms with Crippen LogP contribution in [0.25, 0.3) is 56.2 Å². The van der Waals surface area contributed by atoms with Crippen molar-refractivity contribution < 1.29 is 0 Å². The molecule has 43 heavy (non-hydrogen) atoms. The number of fused-ring (bicyclic) bond motifs is 10. The Morgan fingerprint density at radius 2 is 0.744 bits per heavy atom. The van der Waals surface area contributed by atoms with Crippen LogP contribution >= 0.6 is 0 Å². The maximum Gasteiger partial charge on any atom is 0.159 e. The minimum atomic E-state index is -0.388. The number of hydrogen-bond acceptors (Lipinski definition) is 4. The summed E-state index contributed by atoms with van der Waals surface area (Å²) < 4.78 is 0. The first kappa shape index (κ1) is 23.9. The second kappa shape index (κ2) is 9.13. The molecule has 4 heteroatoms. The molecular formula is C39H24N4. The van der Waals surface area contributed by atoms with Crippen molar-refractivity contribution in [2.24, 2.45) is 0 Å². The van der Waals surface area contributed by atoms with Crippen LogP contribution < -0.4 is 0 Å². The van der Waals surface area contributed by atoms with Crippen molar-refractivity contribution in [1.29, 1.82) is 0 Å². The third-order valence-electron chi connectivity index (χ3n) is 8.91. The molecular weight excluding hydrogens is 524 g/mol. The van der Waals surface area contributed by atoms with Crippen molar-refractivity contribution in [3.63, 3.8) is 0 Å². The van der Waals surface area contributed by atoms with Crippen LogP contribution in [0.4, 0.5) is 0 Å². The van der Waals surface area contributed by atoms with Gasteiger partial charge in [0.25, 0.3) is 0 Å². The standard InChI is InChI=1S/C39H24N4/c1-4-12-33-29(9-1)30-10-2-5-13-34(30)39(33)35-14-6-3-11-31(35)32-16-15-25(24-36(32)39)26-21-27(37-40-17-7-18-41-37)23-28(22-26)38-42-19-8-20-43-38/h1-24H. The van der Waals surface area contributed by atoms with Crippen LogP contribution in [0.1, 0.15) is 22.3 Å². The van der Waals surface area contributed by atoms with Gasteiger partial charge in [0, 0.05) is 35.9 Å². The molecule has 2 heterocycles. The van der Waals surface area contributed by atoms with E-state index in [2.05, 4.69) is 129 Å². The Labute approximate surface area is 249 Å². The predicted octanol–water partition coefficient (Wildman–Crippen LogP) is 8.61. The molecule has 5 aromatic carbocycles. The third kappa shape index (κ3) is 3.38. The summed E-state index contributed by atoms with van der Waals surface area (Å²) >= 11 is 0. The van der Waals surface area contributed by atoms with E-state index in [9.17, 15) is 0 Å². The highest BCUT2D eigenvalue weighted by atomic mass is 14.9. The van der Waals surface area contributed by atoms with Gasteiger partial charge in [-0.25, -0.2) is 19.9 Å². The number of aromatic nitrogens is 4. The molecule has 0 fully saturated rings. The fourth-order valence-electron chi connectivity index (χ4n) is 7.22. The Hall–Kier alpha value is -5.74. The molecule has 9 rings (SSSR count). The maximum absolute atomic E-state index is 4.56. The summed E-state index contributed by atoms with van der Waals surface area (Å²) in [6.45, 7) is 0. The van der Waals surface area contributed by atoms with Crippen molar-refractivity contribution in [3.8, 4) is 56.2 Å². The first-order chi connectivity index (χ1) is 21.3. The molecule has 2 aliphatic rings. The van der Waals surface area contributed by atoms with E-state index in [0.29, 0.717) is 11.6 Å². The van der Waals surface area contributed by atoms with Gasteiger partial charge in [-0.3, -0.25) is 0 Å². The highest BCUT2D eigenvalue weighted by Gasteiger charge is 2.51. The molecule has 0 saturated carbocycles. The molecule has 0 radical (unpaired) electrons. The largest absolute Gasteiger partial charge is 0.237 e.